The van der Waals surface area contributed by atoms with Gasteiger partial charge in [0.15, 0.2) is 0 Å². The predicted octanol–water partition coefficient (Wildman–Crippen LogP) is 3.72. The number of hydrogen-bond acceptors (Lipinski definition) is 3. The minimum Gasteiger partial charge on any atom is -0.364 e. The third-order valence-electron chi connectivity index (χ3n) is 3.96. The van der Waals surface area contributed by atoms with Crippen LogP contribution in [0.1, 0.15) is 24.1 Å². The van der Waals surface area contributed by atoms with Gasteiger partial charge in [-0.25, -0.2) is 0 Å². The zero-order valence-electron chi connectivity index (χ0n) is 11.3. The Morgan fingerprint density at radius 1 is 1.20 bits per heavy atom. The Balaban J connectivity index is 1.96. The number of nitro benzene ring substituents is 1. The molecule has 0 N–H and O–H groups in total. The molecule has 1 aliphatic rings. The minimum absolute atomic E-state index is 0.163. The topological polar surface area (TPSA) is 46.4 Å². The summed E-state index contributed by atoms with van der Waals surface area (Å²) >= 11 is 0. The molecule has 1 atom stereocenters. The number of hydrogen-bond donors (Lipinski definition) is 0. The molecule has 4 nitrogen and oxygen atoms in total. The van der Waals surface area contributed by atoms with E-state index in [1.54, 1.807) is 12.1 Å². The molecule has 0 amide bonds. The van der Waals surface area contributed by atoms with Gasteiger partial charge in [-0.1, -0.05) is 36.4 Å². The van der Waals surface area contributed by atoms with Crippen LogP contribution in [0.25, 0.3) is 0 Å². The standard InChI is InChI=1S/C16H16N2O2/c1-12(13-5-3-2-4-6-13)17-10-9-14-7-8-15(18(19)20)11-16(14)17/h2-8,11-12H,9-10H2,1H3. The molecule has 2 aromatic rings. The highest BCUT2D eigenvalue weighted by Gasteiger charge is 2.26. The maximum absolute atomic E-state index is 10.9. The normalized spacial score (nSPS) is 14.9. The van der Waals surface area contributed by atoms with Crippen molar-refractivity contribution in [2.24, 2.45) is 0 Å². The molecule has 2 aromatic carbocycles. The van der Waals surface area contributed by atoms with Crippen LogP contribution in [-0.4, -0.2) is 11.5 Å². The zero-order chi connectivity index (χ0) is 14.1. The zero-order valence-corrected chi connectivity index (χ0v) is 11.3. The number of benzene rings is 2. The van der Waals surface area contributed by atoms with Crippen LogP contribution in [0.15, 0.2) is 48.5 Å². The number of non-ortho nitro benzene ring substituents is 1. The van der Waals surface area contributed by atoms with E-state index in [1.807, 2.05) is 24.3 Å². The molecular weight excluding hydrogens is 252 g/mol. The van der Waals surface area contributed by atoms with Crippen LogP contribution < -0.4 is 4.90 Å². The van der Waals surface area contributed by atoms with Gasteiger partial charge in [0.2, 0.25) is 0 Å². The molecule has 0 fully saturated rings. The summed E-state index contributed by atoms with van der Waals surface area (Å²) in [5.41, 5.74) is 3.58. The van der Waals surface area contributed by atoms with Gasteiger partial charge in [0.1, 0.15) is 0 Å². The third-order valence-corrected chi connectivity index (χ3v) is 3.96. The van der Waals surface area contributed by atoms with Crippen LogP contribution in [-0.2, 0) is 6.42 Å². The summed E-state index contributed by atoms with van der Waals surface area (Å²) in [4.78, 5) is 12.9. The van der Waals surface area contributed by atoms with E-state index in [0.717, 1.165) is 18.7 Å². The minimum atomic E-state index is -0.329. The second-order valence-corrected chi connectivity index (χ2v) is 5.10. The summed E-state index contributed by atoms with van der Waals surface area (Å²) in [7, 11) is 0. The third kappa shape index (κ3) is 2.13. The lowest BCUT2D eigenvalue weighted by molar-refractivity contribution is -0.384. The molecule has 0 bridgehead atoms. The molecule has 0 saturated heterocycles. The highest BCUT2D eigenvalue weighted by molar-refractivity contribution is 5.63. The second kappa shape index (κ2) is 4.96. The van der Waals surface area contributed by atoms with Gasteiger partial charge < -0.3 is 4.90 Å². The molecule has 0 aliphatic carbocycles. The molecule has 0 aromatic heterocycles. The molecule has 0 radical (unpaired) electrons. The average molecular weight is 268 g/mol. The van der Waals surface area contributed by atoms with E-state index in [9.17, 15) is 10.1 Å². The summed E-state index contributed by atoms with van der Waals surface area (Å²) in [6.45, 7) is 3.05. The summed E-state index contributed by atoms with van der Waals surface area (Å²) in [5, 5.41) is 10.9. The molecule has 1 aliphatic heterocycles. The maximum Gasteiger partial charge on any atom is 0.271 e. The molecular formula is C16H16N2O2. The van der Waals surface area contributed by atoms with Crippen LogP contribution in [0, 0.1) is 10.1 Å². The first kappa shape index (κ1) is 12.7. The average Bonchev–Trinajstić information content (AvgIpc) is 2.90. The van der Waals surface area contributed by atoms with Crippen molar-refractivity contribution in [1.82, 2.24) is 0 Å². The molecule has 3 rings (SSSR count). The summed E-state index contributed by atoms with van der Waals surface area (Å²) in [6.07, 6.45) is 0.949. The highest BCUT2D eigenvalue weighted by atomic mass is 16.6. The number of rotatable bonds is 3. The SMILES string of the molecule is CC(c1ccccc1)N1CCc2ccc([N+](=O)[O-])cc21. The van der Waals surface area contributed by atoms with Crippen molar-refractivity contribution < 1.29 is 4.92 Å². The van der Waals surface area contributed by atoms with Crippen molar-refractivity contribution >= 4 is 11.4 Å². The van der Waals surface area contributed by atoms with Crippen molar-refractivity contribution in [1.29, 1.82) is 0 Å². The van der Waals surface area contributed by atoms with Crippen LogP contribution >= 0.6 is 0 Å². The fourth-order valence-corrected chi connectivity index (χ4v) is 2.82. The van der Waals surface area contributed by atoms with Crippen LogP contribution in [0.3, 0.4) is 0 Å². The fraction of sp³-hybridized carbons (Fsp3) is 0.250. The van der Waals surface area contributed by atoms with Gasteiger partial charge in [0.25, 0.3) is 5.69 Å². The molecule has 1 unspecified atom stereocenters. The first-order valence-electron chi connectivity index (χ1n) is 6.76. The maximum atomic E-state index is 10.9. The lowest BCUT2D eigenvalue weighted by atomic mass is 10.1. The Labute approximate surface area is 117 Å². The summed E-state index contributed by atoms with van der Waals surface area (Å²) in [5.74, 6) is 0. The quantitative estimate of drug-likeness (QED) is 0.629. The number of anilines is 1. The van der Waals surface area contributed by atoms with E-state index in [4.69, 9.17) is 0 Å². The van der Waals surface area contributed by atoms with Crippen molar-refractivity contribution in [3.63, 3.8) is 0 Å². The van der Waals surface area contributed by atoms with Crippen molar-refractivity contribution in [2.45, 2.75) is 19.4 Å². The molecule has 4 heteroatoms. The molecule has 20 heavy (non-hydrogen) atoms. The summed E-state index contributed by atoms with van der Waals surface area (Å²) in [6, 6.07) is 15.6. The first-order valence-corrected chi connectivity index (χ1v) is 6.76. The number of nitrogens with zero attached hydrogens (tertiary/aromatic N) is 2. The Morgan fingerprint density at radius 2 is 1.95 bits per heavy atom. The van der Waals surface area contributed by atoms with Gasteiger partial charge in [-0.2, -0.15) is 0 Å². The van der Waals surface area contributed by atoms with E-state index < -0.39 is 0 Å². The van der Waals surface area contributed by atoms with E-state index in [2.05, 4.69) is 24.0 Å². The monoisotopic (exact) mass is 268 g/mol. The van der Waals surface area contributed by atoms with Crippen molar-refractivity contribution in [3.8, 4) is 0 Å². The van der Waals surface area contributed by atoms with E-state index in [-0.39, 0.29) is 16.7 Å². The van der Waals surface area contributed by atoms with Gasteiger partial charge >= 0.3 is 0 Å². The number of fused-ring (bicyclic) bond motifs is 1. The van der Waals surface area contributed by atoms with E-state index >= 15 is 0 Å². The van der Waals surface area contributed by atoms with Crippen molar-refractivity contribution in [2.75, 3.05) is 11.4 Å². The van der Waals surface area contributed by atoms with Crippen LogP contribution in [0.2, 0.25) is 0 Å². The smallest absolute Gasteiger partial charge is 0.271 e. The van der Waals surface area contributed by atoms with Gasteiger partial charge in [-0.15, -0.1) is 0 Å². The fourth-order valence-electron chi connectivity index (χ4n) is 2.82. The largest absolute Gasteiger partial charge is 0.364 e. The molecule has 102 valence electrons. The van der Waals surface area contributed by atoms with Gasteiger partial charge in [0.05, 0.1) is 11.0 Å². The Kier molecular flexibility index (Phi) is 3.14. The van der Waals surface area contributed by atoms with Gasteiger partial charge in [-0.05, 0) is 24.5 Å². The van der Waals surface area contributed by atoms with Crippen LogP contribution in [0.4, 0.5) is 11.4 Å². The van der Waals surface area contributed by atoms with Gasteiger partial charge in [0, 0.05) is 24.4 Å². The lowest BCUT2D eigenvalue weighted by Crippen LogP contribution is -2.24. The Morgan fingerprint density at radius 3 is 2.65 bits per heavy atom. The highest BCUT2D eigenvalue weighted by Crippen LogP contribution is 2.37. The lowest BCUT2D eigenvalue weighted by Gasteiger charge is -2.27. The molecule has 0 spiro atoms. The summed E-state index contributed by atoms with van der Waals surface area (Å²) < 4.78 is 0. The first-order chi connectivity index (χ1) is 9.66. The molecule has 1 heterocycles. The van der Waals surface area contributed by atoms with Crippen molar-refractivity contribution in [3.05, 3.63) is 69.8 Å². The van der Waals surface area contributed by atoms with E-state index in [0.29, 0.717) is 0 Å². The van der Waals surface area contributed by atoms with E-state index in [1.165, 1.54) is 11.1 Å². The Bertz CT molecular complexity index is 640. The second-order valence-electron chi connectivity index (χ2n) is 5.10. The number of nitro groups is 1. The Hall–Kier alpha value is -2.36. The molecule has 0 saturated carbocycles. The predicted molar refractivity (Wildman–Crippen MR) is 79.0 cm³/mol. The van der Waals surface area contributed by atoms with Crippen LogP contribution in [0.5, 0.6) is 0 Å². The van der Waals surface area contributed by atoms with Gasteiger partial charge in [-0.3, -0.25) is 10.1 Å².